The van der Waals surface area contributed by atoms with Crippen LogP contribution in [0.2, 0.25) is 0 Å². The highest BCUT2D eigenvalue weighted by Gasteiger charge is 2.20. The van der Waals surface area contributed by atoms with Gasteiger partial charge in [0, 0.05) is 6.04 Å². The zero-order valence-electron chi connectivity index (χ0n) is 7.34. The molecular weight excluding hydrogens is 138 g/mol. The summed E-state index contributed by atoms with van der Waals surface area (Å²) in [5, 5.41) is 12.2. The fourth-order valence-electron chi connectivity index (χ4n) is 2.01. The lowest BCUT2D eigenvalue weighted by Crippen LogP contribution is -2.37. The van der Waals surface area contributed by atoms with Gasteiger partial charge >= 0.3 is 0 Å². The number of nitrogens with one attached hydrogen (secondary N) is 1. The van der Waals surface area contributed by atoms with E-state index in [0.717, 1.165) is 5.92 Å². The van der Waals surface area contributed by atoms with Crippen LogP contribution in [0, 0.1) is 5.92 Å². The third kappa shape index (κ3) is 2.46. The van der Waals surface area contributed by atoms with Crippen LogP contribution in [0.15, 0.2) is 0 Å². The first-order valence-electron chi connectivity index (χ1n) is 4.66. The largest absolute Gasteiger partial charge is 0.395 e. The topological polar surface area (TPSA) is 32.3 Å². The van der Waals surface area contributed by atoms with Gasteiger partial charge in [0.2, 0.25) is 0 Å². The van der Waals surface area contributed by atoms with Crippen molar-refractivity contribution in [3.05, 3.63) is 0 Å². The molecule has 0 bridgehead atoms. The third-order valence-corrected chi connectivity index (χ3v) is 2.79. The first kappa shape index (κ1) is 9.01. The fraction of sp³-hybridized carbons (Fsp3) is 1.00. The van der Waals surface area contributed by atoms with E-state index < -0.39 is 0 Å². The minimum atomic E-state index is 0.293. The SMILES string of the molecule is CN[C@H](CO)C1CCCCC1. The monoisotopic (exact) mass is 157 g/mol. The Labute approximate surface area is 69.0 Å². The zero-order valence-corrected chi connectivity index (χ0v) is 7.34. The summed E-state index contributed by atoms with van der Waals surface area (Å²) in [6.07, 6.45) is 6.68. The van der Waals surface area contributed by atoms with Gasteiger partial charge in [-0.25, -0.2) is 0 Å². The quantitative estimate of drug-likeness (QED) is 0.644. The van der Waals surface area contributed by atoms with Crippen molar-refractivity contribution >= 4 is 0 Å². The van der Waals surface area contributed by atoms with E-state index in [2.05, 4.69) is 5.32 Å². The summed E-state index contributed by atoms with van der Waals surface area (Å²) in [6.45, 7) is 0.293. The third-order valence-electron chi connectivity index (χ3n) is 2.79. The second kappa shape index (κ2) is 4.73. The molecule has 2 heteroatoms. The van der Waals surface area contributed by atoms with Crippen molar-refractivity contribution < 1.29 is 5.11 Å². The van der Waals surface area contributed by atoms with Crippen LogP contribution in [0.4, 0.5) is 0 Å². The molecule has 0 aromatic heterocycles. The van der Waals surface area contributed by atoms with Crippen LogP contribution in [0.25, 0.3) is 0 Å². The van der Waals surface area contributed by atoms with E-state index in [1.807, 2.05) is 7.05 Å². The maximum Gasteiger partial charge on any atom is 0.0587 e. The molecule has 2 nitrogen and oxygen atoms in total. The lowest BCUT2D eigenvalue weighted by atomic mass is 9.84. The van der Waals surface area contributed by atoms with E-state index in [-0.39, 0.29) is 0 Å². The lowest BCUT2D eigenvalue weighted by molar-refractivity contribution is 0.178. The Morgan fingerprint density at radius 3 is 2.45 bits per heavy atom. The first-order valence-corrected chi connectivity index (χ1v) is 4.66. The predicted molar refractivity (Wildman–Crippen MR) is 46.5 cm³/mol. The number of likely N-dealkylation sites (N-methyl/N-ethyl adjacent to an activating group) is 1. The normalized spacial score (nSPS) is 23.5. The van der Waals surface area contributed by atoms with E-state index in [1.54, 1.807) is 0 Å². The molecule has 1 atom stereocenters. The standard InChI is InChI=1S/C9H19NO/c1-10-9(7-11)8-5-3-2-4-6-8/h8-11H,2-7H2,1H3/t9-/m1/s1. The summed E-state index contributed by atoms with van der Waals surface area (Å²) in [4.78, 5) is 0. The Kier molecular flexibility index (Phi) is 3.87. The minimum Gasteiger partial charge on any atom is -0.395 e. The Balaban J connectivity index is 2.30. The number of aliphatic hydroxyl groups excluding tert-OH is 1. The number of rotatable bonds is 3. The van der Waals surface area contributed by atoms with Crippen molar-refractivity contribution in [3.8, 4) is 0 Å². The average molecular weight is 157 g/mol. The van der Waals surface area contributed by atoms with Crippen LogP contribution in [0.5, 0.6) is 0 Å². The zero-order chi connectivity index (χ0) is 8.10. The van der Waals surface area contributed by atoms with Crippen molar-refractivity contribution in [1.29, 1.82) is 0 Å². The van der Waals surface area contributed by atoms with E-state index in [4.69, 9.17) is 5.11 Å². The molecular formula is C9H19NO. The van der Waals surface area contributed by atoms with Crippen molar-refractivity contribution in [2.75, 3.05) is 13.7 Å². The molecule has 0 aliphatic heterocycles. The molecule has 0 radical (unpaired) electrons. The molecule has 0 aromatic rings. The highest BCUT2D eigenvalue weighted by molar-refractivity contribution is 4.77. The van der Waals surface area contributed by atoms with E-state index in [9.17, 15) is 0 Å². The minimum absolute atomic E-state index is 0.293. The maximum atomic E-state index is 9.02. The number of hydrogen-bond donors (Lipinski definition) is 2. The van der Waals surface area contributed by atoms with Crippen molar-refractivity contribution in [1.82, 2.24) is 5.32 Å². The van der Waals surface area contributed by atoms with Crippen LogP contribution < -0.4 is 5.32 Å². The smallest absolute Gasteiger partial charge is 0.0587 e. The van der Waals surface area contributed by atoms with Crippen molar-refractivity contribution in [2.24, 2.45) is 5.92 Å². The van der Waals surface area contributed by atoms with Gasteiger partial charge in [0.05, 0.1) is 6.61 Å². The second-order valence-corrected chi connectivity index (χ2v) is 3.48. The van der Waals surface area contributed by atoms with Gasteiger partial charge in [0.15, 0.2) is 0 Å². The van der Waals surface area contributed by atoms with Gasteiger partial charge in [-0.15, -0.1) is 0 Å². The van der Waals surface area contributed by atoms with Gasteiger partial charge in [0.25, 0.3) is 0 Å². The Bertz CT molecular complexity index is 95.7. The lowest BCUT2D eigenvalue weighted by Gasteiger charge is -2.28. The molecule has 1 aliphatic rings. The molecule has 0 amide bonds. The molecule has 0 saturated heterocycles. The van der Waals surface area contributed by atoms with Gasteiger partial charge in [-0.1, -0.05) is 19.3 Å². The first-order chi connectivity index (χ1) is 5.38. The number of hydrogen-bond acceptors (Lipinski definition) is 2. The second-order valence-electron chi connectivity index (χ2n) is 3.48. The van der Waals surface area contributed by atoms with Crippen LogP contribution >= 0.6 is 0 Å². The predicted octanol–water partition coefficient (Wildman–Crippen LogP) is 1.15. The molecule has 11 heavy (non-hydrogen) atoms. The average Bonchev–Trinajstić information content (AvgIpc) is 2.09. The molecule has 2 N–H and O–H groups in total. The summed E-state index contributed by atoms with van der Waals surface area (Å²) < 4.78 is 0. The molecule has 0 heterocycles. The highest BCUT2D eigenvalue weighted by Crippen LogP contribution is 2.25. The van der Waals surface area contributed by atoms with Crippen molar-refractivity contribution in [3.63, 3.8) is 0 Å². The van der Waals surface area contributed by atoms with Gasteiger partial charge < -0.3 is 10.4 Å². The highest BCUT2D eigenvalue weighted by atomic mass is 16.3. The van der Waals surface area contributed by atoms with Gasteiger partial charge in [0.1, 0.15) is 0 Å². The molecule has 1 rings (SSSR count). The van der Waals surface area contributed by atoms with E-state index >= 15 is 0 Å². The van der Waals surface area contributed by atoms with Crippen molar-refractivity contribution in [2.45, 2.75) is 38.1 Å². The van der Waals surface area contributed by atoms with Crippen LogP contribution in [-0.2, 0) is 0 Å². The molecule has 1 fully saturated rings. The summed E-state index contributed by atoms with van der Waals surface area (Å²) >= 11 is 0. The summed E-state index contributed by atoms with van der Waals surface area (Å²) in [7, 11) is 1.94. The maximum absolute atomic E-state index is 9.02. The fourth-order valence-corrected chi connectivity index (χ4v) is 2.01. The molecule has 66 valence electrons. The molecule has 1 aliphatic carbocycles. The van der Waals surface area contributed by atoms with Gasteiger partial charge in [-0.05, 0) is 25.8 Å². The summed E-state index contributed by atoms with van der Waals surface area (Å²) in [5.41, 5.74) is 0. The van der Waals surface area contributed by atoms with Gasteiger partial charge in [-0.3, -0.25) is 0 Å². The molecule has 0 spiro atoms. The van der Waals surface area contributed by atoms with Crippen LogP contribution in [-0.4, -0.2) is 24.8 Å². The Morgan fingerprint density at radius 2 is 2.00 bits per heavy atom. The summed E-state index contributed by atoms with van der Waals surface area (Å²) in [6, 6.07) is 0.343. The Hall–Kier alpha value is -0.0800. The van der Waals surface area contributed by atoms with E-state index in [0.29, 0.717) is 12.6 Å². The molecule has 1 saturated carbocycles. The molecule has 0 aromatic carbocycles. The molecule has 0 unspecified atom stereocenters. The number of aliphatic hydroxyl groups is 1. The van der Waals surface area contributed by atoms with Crippen LogP contribution in [0.3, 0.4) is 0 Å². The Morgan fingerprint density at radius 1 is 1.36 bits per heavy atom. The van der Waals surface area contributed by atoms with Gasteiger partial charge in [-0.2, -0.15) is 0 Å². The van der Waals surface area contributed by atoms with Crippen LogP contribution in [0.1, 0.15) is 32.1 Å². The summed E-state index contributed by atoms with van der Waals surface area (Å²) in [5.74, 6) is 0.721. The van der Waals surface area contributed by atoms with E-state index in [1.165, 1.54) is 32.1 Å².